The van der Waals surface area contributed by atoms with Crippen LogP contribution < -0.4 is 0 Å². The summed E-state index contributed by atoms with van der Waals surface area (Å²) in [6, 6.07) is 9.99. The number of rotatable bonds is 2. The molecule has 0 saturated heterocycles. The van der Waals surface area contributed by atoms with E-state index in [9.17, 15) is 4.79 Å². The average Bonchev–Trinajstić information content (AvgIpc) is 2.75. The van der Waals surface area contributed by atoms with Gasteiger partial charge in [-0.1, -0.05) is 31.7 Å². The summed E-state index contributed by atoms with van der Waals surface area (Å²) in [7, 11) is 0. The Morgan fingerprint density at radius 2 is 1.80 bits per heavy atom. The molecule has 0 unspecified atom stereocenters. The molecule has 1 aliphatic carbocycles. The van der Waals surface area contributed by atoms with Gasteiger partial charge >= 0.3 is 0 Å². The molecule has 0 spiro atoms. The van der Waals surface area contributed by atoms with Gasteiger partial charge in [0.15, 0.2) is 5.78 Å². The minimum atomic E-state index is 0.230. The van der Waals surface area contributed by atoms with Crippen LogP contribution in [-0.4, -0.2) is 10.8 Å². The molecule has 3 rings (SSSR count). The molecule has 1 aromatic heterocycles. The van der Waals surface area contributed by atoms with Gasteiger partial charge in [0.05, 0.1) is 5.52 Å². The van der Waals surface area contributed by atoms with Crippen molar-refractivity contribution in [3.63, 3.8) is 0 Å². The zero-order chi connectivity index (χ0) is 13.9. The van der Waals surface area contributed by atoms with Crippen LogP contribution in [0.5, 0.6) is 0 Å². The zero-order valence-corrected chi connectivity index (χ0v) is 12.1. The zero-order valence-electron chi connectivity index (χ0n) is 12.1. The van der Waals surface area contributed by atoms with Crippen molar-refractivity contribution < 1.29 is 4.79 Å². The first-order valence-electron chi connectivity index (χ1n) is 7.66. The SMILES string of the molecule is Cc1ccc2cc(C(=O)C3CCCCCC3)ccc2n1. The molecule has 0 atom stereocenters. The van der Waals surface area contributed by atoms with E-state index in [-0.39, 0.29) is 5.92 Å². The number of pyridine rings is 1. The van der Waals surface area contributed by atoms with Crippen molar-refractivity contribution in [1.29, 1.82) is 0 Å². The van der Waals surface area contributed by atoms with E-state index in [0.29, 0.717) is 5.78 Å². The summed E-state index contributed by atoms with van der Waals surface area (Å²) in [5.41, 5.74) is 2.85. The lowest BCUT2D eigenvalue weighted by atomic mass is 9.90. The number of hydrogen-bond acceptors (Lipinski definition) is 2. The Morgan fingerprint density at radius 1 is 1.05 bits per heavy atom. The maximum Gasteiger partial charge on any atom is 0.165 e. The molecule has 104 valence electrons. The van der Waals surface area contributed by atoms with Crippen LogP contribution in [-0.2, 0) is 0 Å². The van der Waals surface area contributed by atoms with Gasteiger partial charge in [0.1, 0.15) is 0 Å². The number of carbonyl (C=O) groups is 1. The molecule has 0 aliphatic heterocycles. The summed E-state index contributed by atoms with van der Waals surface area (Å²) in [6.07, 6.45) is 7.08. The van der Waals surface area contributed by atoms with Gasteiger partial charge in [0.25, 0.3) is 0 Å². The highest BCUT2D eigenvalue weighted by molar-refractivity contribution is 6.00. The largest absolute Gasteiger partial charge is 0.294 e. The molecule has 1 heterocycles. The van der Waals surface area contributed by atoms with Crippen LogP contribution in [0.1, 0.15) is 54.6 Å². The maximum atomic E-state index is 12.6. The van der Waals surface area contributed by atoms with Crippen LogP contribution in [0, 0.1) is 12.8 Å². The molecule has 1 fully saturated rings. The first-order chi connectivity index (χ1) is 9.74. The van der Waals surface area contributed by atoms with E-state index in [1.807, 2.05) is 31.2 Å². The molecule has 0 radical (unpaired) electrons. The first kappa shape index (κ1) is 13.3. The molecule has 2 heteroatoms. The Labute approximate surface area is 120 Å². The second-order valence-electron chi connectivity index (χ2n) is 5.91. The van der Waals surface area contributed by atoms with Crippen molar-refractivity contribution in [2.45, 2.75) is 45.4 Å². The number of hydrogen-bond donors (Lipinski definition) is 0. The molecular formula is C18H21NO. The fourth-order valence-electron chi connectivity index (χ4n) is 3.16. The third kappa shape index (κ3) is 2.74. The number of carbonyl (C=O) groups excluding carboxylic acids is 1. The highest BCUT2D eigenvalue weighted by Crippen LogP contribution is 2.27. The Kier molecular flexibility index (Phi) is 3.81. The smallest absolute Gasteiger partial charge is 0.165 e. The molecule has 1 aliphatic rings. The maximum absolute atomic E-state index is 12.6. The second-order valence-corrected chi connectivity index (χ2v) is 5.91. The average molecular weight is 267 g/mol. The van der Waals surface area contributed by atoms with Crippen molar-refractivity contribution in [3.05, 3.63) is 41.6 Å². The standard InChI is InChI=1S/C18H21NO/c1-13-8-9-15-12-16(10-11-17(15)19-13)18(20)14-6-4-2-3-5-7-14/h8-12,14H,2-7H2,1H3. The van der Waals surface area contributed by atoms with Gasteiger partial charge in [-0.25, -0.2) is 0 Å². The Hall–Kier alpha value is -1.70. The quantitative estimate of drug-likeness (QED) is 0.583. The van der Waals surface area contributed by atoms with Crippen LogP contribution in [0.2, 0.25) is 0 Å². The molecule has 2 aromatic rings. The molecule has 1 saturated carbocycles. The lowest BCUT2D eigenvalue weighted by Crippen LogP contribution is -2.14. The van der Waals surface area contributed by atoms with E-state index in [4.69, 9.17) is 0 Å². The number of nitrogens with zero attached hydrogens (tertiary/aromatic N) is 1. The van der Waals surface area contributed by atoms with Gasteiger partial charge in [-0.2, -0.15) is 0 Å². The normalized spacial score (nSPS) is 17.1. The Morgan fingerprint density at radius 3 is 2.55 bits per heavy atom. The molecule has 20 heavy (non-hydrogen) atoms. The summed E-state index contributed by atoms with van der Waals surface area (Å²) < 4.78 is 0. The fraction of sp³-hybridized carbons (Fsp3) is 0.444. The van der Waals surface area contributed by atoms with Crippen molar-refractivity contribution >= 4 is 16.7 Å². The summed E-state index contributed by atoms with van der Waals surface area (Å²) >= 11 is 0. The van der Waals surface area contributed by atoms with Crippen LogP contribution in [0.4, 0.5) is 0 Å². The van der Waals surface area contributed by atoms with Gasteiger partial charge in [0.2, 0.25) is 0 Å². The third-order valence-electron chi connectivity index (χ3n) is 4.34. The van der Waals surface area contributed by atoms with Crippen LogP contribution >= 0.6 is 0 Å². The van der Waals surface area contributed by atoms with Gasteiger partial charge in [0, 0.05) is 22.6 Å². The topological polar surface area (TPSA) is 30.0 Å². The van der Waals surface area contributed by atoms with Crippen LogP contribution in [0.3, 0.4) is 0 Å². The number of fused-ring (bicyclic) bond motifs is 1. The van der Waals surface area contributed by atoms with Crippen molar-refractivity contribution in [2.75, 3.05) is 0 Å². The number of Topliss-reactive ketones (excluding diaryl/α,β-unsaturated/α-hetero) is 1. The predicted octanol–water partition coefficient (Wildman–Crippen LogP) is 4.70. The molecular weight excluding hydrogens is 246 g/mol. The van der Waals surface area contributed by atoms with Gasteiger partial charge in [-0.3, -0.25) is 9.78 Å². The molecule has 1 aromatic carbocycles. The Balaban J connectivity index is 1.89. The number of benzene rings is 1. The van der Waals surface area contributed by atoms with Crippen molar-refractivity contribution in [2.24, 2.45) is 5.92 Å². The van der Waals surface area contributed by atoms with Gasteiger partial charge < -0.3 is 0 Å². The Bertz CT molecular complexity index is 624. The minimum absolute atomic E-state index is 0.230. The van der Waals surface area contributed by atoms with Crippen molar-refractivity contribution in [3.8, 4) is 0 Å². The van der Waals surface area contributed by atoms with Crippen LogP contribution in [0.25, 0.3) is 10.9 Å². The number of aryl methyl sites for hydroxylation is 1. The third-order valence-corrected chi connectivity index (χ3v) is 4.34. The highest BCUT2D eigenvalue weighted by atomic mass is 16.1. The molecule has 0 amide bonds. The van der Waals surface area contributed by atoms with E-state index in [1.54, 1.807) is 0 Å². The number of ketones is 1. The molecule has 0 N–H and O–H groups in total. The summed E-state index contributed by atoms with van der Waals surface area (Å²) in [5, 5.41) is 1.06. The molecule has 2 nitrogen and oxygen atoms in total. The number of aromatic nitrogens is 1. The van der Waals surface area contributed by atoms with E-state index in [0.717, 1.165) is 35.0 Å². The van der Waals surface area contributed by atoms with E-state index >= 15 is 0 Å². The van der Waals surface area contributed by atoms with Gasteiger partial charge in [-0.05, 0) is 44.0 Å². The monoisotopic (exact) mass is 267 g/mol. The summed E-state index contributed by atoms with van der Waals surface area (Å²) in [5.74, 6) is 0.558. The highest BCUT2D eigenvalue weighted by Gasteiger charge is 2.21. The summed E-state index contributed by atoms with van der Waals surface area (Å²) in [4.78, 5) is 17.1. The summed E-state index contributed by atoms with van der Waals surface area (Å²) in [6.45, 7) is 1.99. The van der Waals surface area contributed by atoms with Crippen LogP contribution in [0.15, 0.2) is 30.3 Å². The minimum Gasteiger partial charge on any atom is -0.294 e. The lowest BCUT2D eigenvalue weighted by molar-refractivity contribution is 0.0908. The van der Waals surface area contributed by atoms with Crippen molar-refractivity contribution in [1.82, 2.24) is 4.98 Å². The second kappa shape index (κ2) is 5.74. The van der Waals surface area contributed by atoms with E-state index in [1.165, 1.54) is 25.7 Å². The van der Waals surface area contributed by atoms with E-state index < -0.39 is 0 Å². The first-order valence-corrected chi connectivity index (χ1v) is 7.66. The molecule has 0 bridgehead atoms. The predicted molar refractivity (Wildman–Crippen MR) is 82.0 cm³/mol. The van der Waals surface area contributed by atoms with E-state index in [2.05, 4.69) is 11.1 Å². The van der Waals surface area contributed by atoms with Gasteiger partial charge in [-0.15, -0.1) is 0 Å². The fourth-order valence-corrected chi connectivity index (χ4v) is 3.16. The lowest BCUT2D eigenvalue weighted by Gasteiger charge is -2.13.